The highest BCUT2D eigenvalue weighted by Crippen LogP contribution is 2.49. The molecule has 12 rings (SSSR count). The van der Waals surface area contributed by atoms with Crippen molar-refractivity contribution in [2.24, 2.45) is 0 Å². The van der Waals surface area contributed by atoms with E-state index in [0.29, 0.717) is 0 Å². The van der Waals surface area contributed by atoms with Crippen molar-refractivity contribution in [3.63, 3.8) is 0 Å². The van der Waals surface area contributed by atoms with Crippen LogP contribution in [0.2, 0.25) is 0 Å². The fourth-order valence-electron chi connectivity index (χ4n) is 9.79. The van der Waals surface area contributed by atoms with Crippen LogP contribution in [0.4, 0.5) is 34.1 Å². The summed E-state index contributed by atoms with van der Waals surface area (Å²) in [6.07, 6.45) is 2.26. The molecule has 2 aliphatic heterocycles. The molecule has 0 saturated carbocycles. The van der Waals surface area contributed by atoms with E-state index in [9.17, 15) is 0 Å². The van der Waals surface area contributed by atoms with Gasteiger partial charge in [-0.2, -0.15) is 0 Å². The van der Waals surface area contributed by atoms with Gasteiger partial charge in [0.2, 0.25) is 0 Å². The van der Waals surface area contributed by atoms with Crippen LogP contribution in [0, 0.1) is 0 Å². The highest BCUT2D eigenvalue weighted by molar-refractivity contribution is 7.33. The fraction of sp³-hybridized carbons (Fsp3) is 0.0189. The zero-order valence-electron chi connectivity index (χ0n) is 31.6. The lowest BCUT2D eigenvalue weighted by atomic mass is 9.33. The minimum Gasteiger partial charge on any atom is -0.317 e. The van der Waals surface area contributed by atoms with Crippen molar-refractivity contribution in [1.29, 1.82) is 0 Å². The molecule has 0 bridgehead atoms. The second kappa shape index (κ2) is 13.3. The number of hydrogen-bond donors (Lipinski definition) is 0. The molecule has 4 heterocycles. The number of fused-ring (bicyclic) bond motifs is 8. The van der Waals surface area contributed by atoms with Gasteiger partial charge in [0.05, 0.1) is 5.52 Å². The predicted molar refractivity (Wildman–Crippen MR) is 247 cm³/mol. The van der Waals surface area contributed by atoms with Crippen LogP contribution in [-0.4, -0.2) is 11.3 Å². The van der Waals surface area contributed by atoms with Crippen LogP contribution in [0.3, 0.4) is 0 Å². The van der Waals surface area contributed by atoms with Gasteiger partial charge in [-0.15, -0.1) is 11.3 Å². The smallest absolute Gasteiger partial charge is 0.260 e. The van der Waals surface area contributed by atoms with Gasteiger partial charge in [0.1, 0.15) is 0 Å². The number of thiophene rings is 1. The molecule has 2 aliphatic rings. The van der Waals surface area contributed by atoms with Crippen LogP contribution >= 0.6 is 11.3 Å². The van der Waals surface area contributed by atoms with Gasteiger partial charge in [-0.1, -0.05) is 121 Å². The Bertz CT molecular complexity index is 3090. The lowest BCUT2D eigenvalue weighted by molar-refractivity contribution is 0.999. The van der Waals surface area contributed by atoms with Gasteiger partial charge >= 0.3 is 0 Å². The minimum atomic E-state index is 0.0259. The lowest BCUT2D eigenvalue weighted by Crippen LogP contribution is -2.61. The minimum absolute atomic E-state index is 0.0259. The molecule has 272 valence electrons. The molecule has 0 spiro atoms. The van der Waals surface area contributed by atoms with Crippen molar-refractivity contribution in [3.8, 4) is 5.69 Å². The third kappa shape index (κ3) is 5.00. The van der Waals surface area contributed by atoms with Crippen LogP contribution in [0.5, 0.6) is 0 Å². The summed E-state index contributed by atoms with van der Waals surface area (Å²) >= 11 is 1.98. The van der Waals surface area contributed by atoms with Crippen LogP contribution in [0.25, 0.3) is 26.7 Å². The molecule has 8 aromatic carbocycles. The van der Waals surface area contributed by atoms with Crippen LogP contribution < -0.4 is 25.5 Å². The number of para-hydroxylation sites is 4. The number of benzene rings is 8. The van der Waals surface area contributed by atoms with Crippen molar-refractivity contribution in [2.45, 2.75) is 5.92 Å². The third-order valence-corrected chi connectivity index (χ3v) is 13.4. The van der Waals surface area contributed by atoms with Crippen LogP contribution in [-0.2, 0) is 0 Å². The molecule has 5 heteroatoms. The average molecular weight is 758 g/mol. The Kier molecular flexibility index (Phi) is 7.57. The van der Waals surface area contributed by atoms with E-state index in [4.69, 9.17) is 0 Å². The maximum Gasteiger partial charge on any atom is 0.260 e. The Morgan fingerprint density at radius 2 is 1.09 bits per heavy atom. The second-order valence-electron chi connectivity index (χ2n) is 15.3. The third-order valence-electron chi connectivity index (χ3n) is 12.1. The quantitative estimate of drug-likeness (QED) is 0.157. The van der Waals surface area contributed by atoms with E-state index >= 15 is 0 Å². The van der Waals surface area contributed by atoms with E-state index in [2.05, 4.69) is 227 Å². The molecule has 3 nitrogen and oxygen atoms in total. The van der Waals surface area contributed by atoms with Crippen molar-refractivity contribution < 1.29 is 0 Å². The predicted octanol–water partition coefficient (Wildman–Crippen LogP) is 12.1. The zero-order valence-corrected chi connectivity index (χ0v) is 32.4. The largest absolute Gasteiger partial charge is 0.317 e. The Hall–Kier alpha value is -7.08. The average Bonchev–Trinajstić information content (AvgIpc) is 3.90. The first kappa shape index (κ1) is 33.1. The molecule has 2 aromatic heterocycles. The van der Waals surface area contributed by atoms with Gasteiger partial charge in [0.25, 0.3) is 6.71 Å². The van der Waals surface area contributed by atoms with Crippen LogP contribution in [0.15, 0.2) is 212 Å². The monoisotopic (exact) mass is 757 g/mol. The van der Waals surface area contributed by atoms with Gasteiger partial charge in [0, 0.05) is 56.6 Å². The van der Waals surface area contributed by atoms with Crippen LogP contribution in [0.1, 0.15) is 22.6 Å². The highest BCUT2D eigenvalue weighted by atomic mass is 32.1. The molecule has 0 saturated heterocycles. The molecular formula is C53H36BN3S. The second-order valence-corrected chi connectivity index (χ2v) is 16.3. The topological polar surface area (TPSA) is 11.4 Å². The Morgan fingerprint density at radius 3 is 1.78 bits per heavy atom. The van der Waals surface area contributed by atoms with E-state index in [1.54, 1.807) is 0 Å². The summed E-state index contributed by atoms with van der Waals surface area (Å²) in [7, 11) is 0. The molecule has 1 atom stereocenters. The van der Waals surface area contributed by atoms with Crippen molar-refractivity contribution in [2.75, 3.05) is 9.80 Å². The molecule has 0 fully saturated rings. The van der Waals surface area contributed by atoms with E-state index in [1.165, 1.54) is 64.8 Å². The summed E-state index contributed by atoms with van der Waals surface area (Å²) in [4.78, 5) is 4.97. The van der Waals surface area contributed by atoms with E-state index in [-0.39, 0.29) is 12.6 Å². The fourth-order valence-corrected chi connectivity index (χ4v) is 11.2. The maximum absolute atomic E-state index is 2.54. The molecular weight excluding hydrogens is 721 g/mol. The number of nitrogens with zero attached hydrogens (tertiary/aromatic N) is 3. The summed E-state index contributed by atoms with van der Waals surface area (Å²) in [5.41, 5.74) is 16.2. The SMILES string of the molecule is c1ccc([C@H]2c3cc(N(c4ccccc4)c4ccccc4)cc4c3B(c3sc5ccccc5c32)c2c(ccc3c2ccn3-c2ccccc2)N4c2ccccc2)cc1. The Labute approximate surface area is 342 Å². The van der Waals surface area contributed by atoms with Crippen molar-refractivity contribution in [1.82, 2.24) is 4.57 Å². The van der Waals surface area contributed by atoms with E-state index < -0.39 is 0 Å². The highest BCUT2D eigenvalue weighted by Gasteiger charge is 2.47. The van der Waals surface area contributed by atoms with Gasteiger partial charge < -0.3 is 14.4 Å². The Balaban J connectivity index is 1.24. The lowest BCUT2D eigenvalue weighted by Gasteiger charge is -2.43. The first-order valence-corrected chi connectivity index (χ1v) is 20.8. The molecule has 0 unspecified atom stereocenters. The number of hydrogen-bond acceptors (Lipinski definition) is 3. The van der Waals surface area contributed by atoms with Gasteiger partial charge in [-0.05, 0) is 128 Å². The maximum atomic E-state index is 2.54. The molecule has 0 N–H and O–H groups in total. The standard InChI is InChI=1S/C53H36BN3S/c1-6-18-36(19-7-1)49-44-34-41(56(38-22-10-3-11-23-38)39-24-12-4-13-25-39)35-47-52(44)54(53-50(49)43-28-16-17-29-48(43)58-53)51-42-32-33-55(37-20-8-2-9-21-37)45(42)30-31-46(51)57(47)40-26-14-5-15-27-40/h1-35,49H/t49-/m0/s1. The van der Waals surface area contributed by atoms with Crippen molar-refractivity contribution >= 4 is 88.9 Å². The summed E-state index contributed by atoms with van der Waals surface area (Å²) < 4.78 is 5.12. The number of anilines is 6. The molecule has 0 radical (unpaired) electrons. The van der Waals surface area contributed by atoms with E-state index in [1.807, 2.05) is 11.3 Å². The molecule has 0 aliphatic carbocycles. The van der Waals surface area contributed by atoms with Crippen molar-refractivity contribution in [3.05, 3.63) is 229 Å². The van der Waals surface area contributed by atoms with Gasteiger partial charge in [-0.3, -0.25) is 0 Å². The van der Waals surface area contributed by atoms with Gasteiger partial charge in [-0.25, -0.2) is 0 Å². The summed E-state index contributed by atoms with van der Waals surface area (Å²) in [6, 6.07) is 75.7. The normalized spacial score (nSPS) is 14.0. The Morgan fingerprint density at radius 1 is 0.483 bits per heavy atom. The molecule has 58 heavy (non-hydrogen) atoms. The van der Waals surface area contributed by atoms with Gasteiger partial charge in [0.15, 0.2) is 0 Å². The molecule has 10 aromatic rings. The number of aromatic nitrogens is 1. The zero-order chi connectivity index (χ0) is 38.2. The summed E-state index contributed by atoms with van der Waals surface area (Å²) in [5.74, 6) is 0.0259. The summed E-state index contributed by atoms with van der Waals surface area (Å²) in [6.45, 7) is 0.0265. The summed E-state index contributed by atoms with van der Waals surface area (Å²) in [5, 5.41) is 2.63. The van der Waals surface area contributed by atoms with E-state index in [0.717, 1.165) is 28.4 Å². The number of rotatable bonds is 6. The first-order valence-electron chi connectivity index (χ1n) is 20.0. The molecule has 0 amide bonds. The first-order chi connectivity index (χ1) is 28.8.